The molecule has 0 radical (unpaired) electrons. The summed E-state index contributed by atoms with van der Waals surface area (Å²) >= 11 is 5.78. The maximum absolute atomic E-state index is 12.2. The molecule has 2 rings (SSSR count). The molecule has 1 saturated heterocycles. The Morgan fingerprint density at radius 2 is 1.65 bits per heavy atom. The van der Waals surface area contributed by atoms with Gasteiger partial charge in [-0.15, -0.1) is 0 Å². The summed E-state index contributed by atoms with van der Waals surface area (Å²) in [5.41, 5.74) is 0.394. The van der Waals surface area contributed by atoms with Crippen molar-refractivity contribution in [1.29, 1.82) is 0 Å². The number of benzene rings is 1. The van der Waals surface area contributed by atoms with Crippen LogP contribution in [0.15, 0.2) is 24.3 Å². The second-order valence-corrected chi connectivity index (χ2v) is 6.89. The van der Waals surface area contributed by atoms with Crippen molar-refractivity contribution in [2.45, 2.75) is 45.1 Å². The minimum Gasteiger partial charge on any atom is -0.454 e. The van der Waals surface area contributed by atoms with Crippen LogP contribution in [0.3, 0.4) is 0 Å². The number of nitrogens with one attached hydrogen (secondary N) is 1. The number of hydrogen-bond donors (Lipinski definition) is 1. The Bertz CT molecular complexity index is 625. The Hall–Kier alpha value is -2.08. The maximum Gasteiger partial charge on any atom is 0.328 e. The van der Waals surface area contributed by atoms with Gasteiger partial charge in [-0.3, -0.25) is 9.59 Å². The number of rotatable bonds is 5. The molecule has 1 N–H and O–H groups in total. The van der Waals surface area contributed by atoms with E-state index in [-0.39, 0.29) is 12.5 Å². The van der Waals surface area contributed by atoms with Gasteiger partial charge in [0, 0.05) is 23.7 Å². The average molecular weight is 381 g/mol. The van der Waals surface area contributed by atoms with E-state index in [1.165, 1.54) is 13.3 Å². The number of carbonyl (C=O) groups is 3. The third-order valence-corrected chi connectivity index (χ3v) is 4.61. The number of amides is 2. The van der Waals surface area contributed by atoms with Crippen molar-refractivity contribution in [2.24, 2.45) is 0 Å². The molecule has 0 bridgehead atoms. The van der Waals surface area contributed by atoms with Crippen LogP contribution in [0, 0.1) is 0 Å². The Kier molecular flexibility index (Phi) is 7.91. The first-order valence-corrected chi connectivity index (χ1v) is 9.36. The number of likely N-dealkylation sites (tertiary alicyclic amines) is 1. The van der Waals surface area contributed by atoms with E-state index in [1.807, 2.05) is 0 Å². The molecule has 1 aromatic carbocycles. The molecular formula is C19H25ClN2O4. The van der Waals surface area contributed by atoms with Gasteiger partial charge < -0.3 is 15.0 Å². The Morgan fingerprint density at radius 3 is 2.27 bits per heavy atom. The first kappa shape index (κ1) is 20.2. The van der Waals surface area contributed by atoms with Crippen LogP contribution in [0.25, 0.3) is 0 Å². The Morgan fingerprint density at radius 1 is 1.08 bits per heavy atom. The summed E-state index contributed by atoms with van der Waals surface area (Å²) in [6.07, 6.45) is 5.41. The fourth-order valence-corrected chi connectivity index (χ4v) is 2.91. The van der Waals surface area contributed by atoms with Crippen LogP contribution in [-0.2, 0) is 14.3 Å². The number of carbonyl (C=O) groups excluding carboxylic acids is 3. The summed E-state index contributed by atoms with van der Waals surface area (Å²) in [4.78, 5) is 38.1. The molecule has 2 amide bonds. The summed E-state index contributed by atoms with van der Waals surface area (Å²) < 4.78 is 5.08. The minimum atomic E-state index is -0.849. The SMILES string of the molecule is C[C@H](NC(=O)c1ccc(Cl)cc1)C(=O)OCC(=O)N1CCCCCCC1. The van der Waals surface area contributed by atoms with Crippen LogP contribution in [0.5, 0.6) is 0 Å². The van der Waals surface area contributed by atoms with E-state index in [2.05, 4.69) is 5.32 Å². The van der Waals surface area contributed by atoms with E-state index < -0.39 is 17.9 Å². The zero-order valence-corrected chi connectivity index (χ0v) is 15.8. The number of nitrogens with zero attached hydrogens (tertiary/aromatic N) is 1. The van der Waals surface area contributed by atoms with Crippen molar-refractivity contribution in [2.75, 3.05) is 19.7 Å². The van der Waals surface area contributed by atoms with Crippen molar-refractivity contribution in [3.8, 4) is 0 Å². The van der Waals surface area contributed by atoms with E-state index in [0.29, 0.717) is 23.7 Å². The normalized spacial score (nSPS) is 16.2. The lowest BCUT2D eigenvalue weighted by molar-refractivity contribution is -0.153. The van der Waals surface area contributed by atoms with Gasteiger partial charge in [-0.1, -0.05) is 30.9 Å². The van der Waals surface area contributed by atoms with E-state index in [4.69, 9.17) is 16.3 Å². The quantitative estimate of drug-likeness (QED) is 0.797. The van der Waals surface area contributed by atoms with Gasteiger partial charge in [-0.2, -0.15) is 0 Å². The van der Waals surface area contributed by atoms with Gasteiger partial charge in [-0.05, 0) is 44.0 Å². The monoisotopic (exact) mass is 380 g/mol. The van der Waals surface area contributed by atoms with E-state index in [1.54, 1.807) is 29.2 Å². The van der Waals surface area contributed by atoms with Crippen LogP contribution in [0.4, 0.5) is 0 Å². The van der Waals surface area contributed by atoms with E-state index in [9.17, 15) is 14.4 Å². The third kappa shape index (κ3) is 6.33. The van der Waals surface area contributed by atoms with Gasteiger partial charge in [0.25, 0.3) is 11.8 Å². The lowest BCUT2D eigenvalue weighted by Crippen LogP contribution is -2.42. The fourth-order valence-electron chi connectivity index (χ4n) is 2.79. The van der Waals surface area contributed by atoms with Gasteiger partial charge in [-0.25, -0.2) is 4.79 Å². The zero-order valence-electron chi connectivity index (χ0n) is 15.0. The first-order chi connectivity index (χ1) is 12.5. The average Bonchev–Trinajstić information content (AvgIpc) is 2.59. The second-order valence-electron chi connectivity index (χ2n) is 6.46. The summed E-state index contributed by atoms with van der Waals surface area (Å²) in [5, 5.41) is 3.08. The first-order valence-electron chi connectivity index (χ1n) is 8.98. The Balaban J connectivity index is 1.77. The number of halogens is 1. The van der Waals surface area contributed by atoms with Crippen molar-refractivity contribution in [3.63, 3.8) is 0 Å². The molecule has 1 heterocycles. The predicted octanol–water partition coefficient (Wildman–Crippen LogP) is 2.79. The molecule has 7 heteroatoms. The van der Waals surface area contributed by atoms with E-state index in [0.717, 1.165) is 25.7 Å². The molecule has 1 fully saturated rings. The van der Waals surface area contributed by atoms with Gasteiger partial charge in [0.2, 0.25) is 0 Å². The van der Waals surface area contributed by atoms with Crippen molar-refractivity contribution in [1.82, 2.24) is 10.2 Å². The molecule has 0 saturated carbocycles. The largest absolute Gasteiger partial charge is 0.454 e. The van der Waals surface area contributed by atoms with E-state index >= 15 is 0 Å². The standard InChI is InChI=1S/C19H25ClN2O4/c1-14(21-18(24)15-7-9-16(20)10-8-15)19(25)26-13-17(23)22-11-5-3-2-4-6-12-22/h7-10,14H,2-6,11-13H2,1H3,(H,21,24)/t14-/m0/s1. The molecule has 1 atom stereocenters. The number of ether oxygens (including phenoxy) is 1. The van der Waals surface area contributed by atoms with Gasteiger partial charge in [0.1, 0.15) is 6.04 Å². The van der Waals surface area contributed by atoms with Crippen LogP contribution >= 0.6 is 11.6 Å². The molecule has 1 aliphatic rings. The van der Waals surface area contributed by atoms with Crippen LogP contribution in [0.2, 0.25) is 5.02 Å². The lowest BCUT2D eigenvalue weighted by atomic mass is 10.1. The highest BCUT2D eigenvalue weighted by atomic mass is 35.5. The third-order valence-electron chi connectivity index (χ3n) is 4.35. The number of esters is 1. The smallest absolute Gasteiger partial charge is 0.328 e. The van der Waals surface area contributed by atoms with Gasteiger partial charge in [0.15, 0.2) is 6.61 Å². The minimum absolute atomic E-state index is 0.184. The van der Waals surface area contributed by atoms with Crippen molar-refractivity contribution in [3.05, 3.63) is 34.9 Å². The van der Waals surface area contributed by atoms with Crippen LogP contribution in [0.1, 0.15) is 49.4 Å². The summed E-state index contributed by atoms with van der Waals surface area (Å²) in [7, 11) is 0. The molecular weight excluding hydrogens is 356 g/mol. The predicted molar refractivity (Wildman–Crippen MR) is 99.0 cm³/mol. The highest BCUT2D eigenvalue weighted by Crippen LogP contribution is 2.11. The molecule has 0 spiro atoms. The lowest BCUT2D eigenvalue weighted by Gasteiger charge is -2.24. The molecule has 26 heavy (non-hydrogen) atoms. The van der Waals surface area contributed by atoms with Crippen molar-refractivity contribution >= 4 is 29.4 Å². The molecule has 0 unspecified atom stereocenters. The van der Waals surface area contributed by atoms with Crippen molar-refractivity contribution < 1.29 is 19.1 Å². The Labute approximate surface area is 158 Å². The highest BCUT2D eigenvalue weighted by molar-refractivity contribution is 6.30. The van der Waals surface area contributed by atoms with Gasteiger partial charge >= 0.3 is 5.97 Å². The molecule has 142 valence electrons. The molecule has 1 aromatic rings. The van der Waals surface area contributed by atoms with Crippen LogP contribution < -0.4 is 5.32 Å². The molecule has 0 aliphatic carbocycles. The topological polar surface area (TPSA) is 75.7 Å². The molecule has 6 nitrogen and oxygen atoms in total. The van der Waals surface area contributed by atoms with Gasteiger partial charge in [0.05, 0.1) is 0 Å². The summed E-state index contributed by atoms with van der Waals surface area (Å²) in [5.74, 6) is -1.22. The van der Waals surface area contributed by atoms with Crippen LogP contribution in [-0.4, -0.2) is 48.4 Å². The summed E-state index contributed by atoms with van der Waals surface area (Å²) in [6, 6.07) is 5.49. The summed E-state index contributed by atoms with van der Waals surface area (Å²) in [6.45, 7) is 2.65. The molecule has 1 aliphatic heterocycles. The zero-order chi connectivity index (χ0) is 18.9. The maximum atomic E-state index is 12.2. The molecule has 0 aromatic heterocycles. The fraction of sp³-hybridized carbons (Fsp3) is 0.526. The number of hydrogen-bond acceptors (Lipinski definition) is 4. The highest BCUT2D eigenvalue weighted by Gasteiger charge is 2.21. The second kappa shape index (κ2) is 10.2.